The Hall–Kier alpha value is -1.06. The minimum atomic E-state index is 0.0231. The molecule has 108 valence electrons. The minimum absolute atomic E-state index is 0.0231. The summed E-state index contributed by atoms with van der Waals surface area (Å²) in [6, 6.07) is 0.598. The highest BCUT2D eigenvalue weighted by molar-refractivity contribution is 5.97. The maximum atomic E-state index is 12.2. The second-order valence-corrected chi connectivity index (χ2v) is 6.04. The Balaban J connectivity index is 1.88. The molecule has 2 aliphatic heterocycles. The number of amides is 2. The summed E-state index contributed by atoms with van der Waals surface area (Å²) >= 11 is 0. The van der Waals surface area contributed by atoms with Gasteiger partial charge in [0.2, 0.25) is 11.8 Å². The average Bonchev–Trinajstić information content (AvgIpc) is 2.39. The molecule has 0 aromatic heterocycles. The third-order valence-electron chi connectivity index (χ3n) is 4.55. The van der Waals surface area contributed by atoms with Crippen LogP contribution in [0.3, 0.4) is 0 Å². The number of carbonyl (C=O) groups is 2. The number of nitrogens with zero attached hydrogens (tertiary/aromatic N) is 2. The van der Waals surface area contributed by atoms with Gasteiger partial charge in [0.15, 0.2) is 0 Å². The van der Waals surface area contributed by atoms with Gasteiger partial charge >= 0.3 is 0 Å². The molecule has 2 aliphatic rings. The predicted molar refractivity (Wildman–Crippen MR) is 74.7 cm³/mol. The van der Waals surface area contributed by atoms with Crippen molar-refractivity contribution in [3.63, 3.8) is 0 Å². The van der Waals surface area contributed by atoms with Crippen molar-refractivity contribution in [2.75, 3.05) is 13.1 Å². The van der Waals surface area contributed by atoms with E-state index in [2.05, 4.69) is 13.8 Å². The van der Waals surface area contributed by atoms with Crippen LogP contribution in [0.25, 0.3) is 0 Å². The van der Waals surface area contributed by atoms with Crippen LogP contribution in [0.1, 0.15) is 58.8 Å². The maximum Gasteiger partial charge on any atom is 0.232 e. The zero-order valence-corrected chi connectivity index (χ0v) is 12.2. The van der Waals surface area contributed by atoms with Gasteiger partial charge in [-0.05, 0) is 52.4 Å². The summed E-state index contributed by atoms with van der Waals surface area (Å²) in [4.78, 5) is 28.3. The van der Waals surface area contributed by atoms with Gasteiger partial charge in [-0.2, -0.15) is 0 Å². The lowest BCUT2D eigenvalue weighted by Gasteiger charge is -2.36. The lowest BCUT2D eigenvalue weighted by Crippen LogP contribution is -2.47. The van der Waals surface area contributed by atoms with Gasteiger partial charge < -0.3 is 9.80 Å². The fourth-order valence-corrected chi connectivity index (χ4v) is 3.27. The van der Waals surface area contributed by atoms with E-state index >= 15 is 0 Å². The van der Waals surface area contributed by atoms with Gasteiger partial charge in [-0.1, -0.05) is 0 Å². The molecule has 0 aromatic carbocycles. The second kappa shape index (κ2) is 6.40. The van der Waals surface area contributed by atoms with Gasteiger partial charge in [0.1, 0.15) is 6.42 Å². The number of likely N-dealkylation sites (tertiary alicyclic amines) is 2. The Bertz CT molecular complexity index is 311. The summed E-state index contributed by atoms with van der Waals surface area (Å²) in [6.45, 7) is 5.82. The highest BCUT2D eigenvalue weighted by Crippen LogP contribution is 2.20. The Morgan fingerprint density at radius 3 is 1.63 bits per heavy atom. The van der Waals surface area contributed by atoms with Crippen molar-refractivity contribution in [1.29, 1.82) is 0 Å². The summed E-state index contributed by atoms with van der Waals surface area (Å²) in [7, 11) is 0. The fraction of sp³-hybridized carbons (Fsp3) is 0.867. The predicted octanol–water partition coefficient (Wildman–Crippen LogP) is 2.18. The minimum Gasteiger partial charge on any atom is -0.340 e. The molecular formula is C15H26N2O2. The number of hydrogen-bond donors (Lipinski definition) is 0. The van der Waals surface area contributed by atoms with Gasteiger partial charge in [-0.3, -0.25) is 9.59 Å². The van der Waals surface area contributed by atoms with Crippen molar-refractivity contribution < 1.29 is 9.59 Å². The molecular weight excluding hydrogens is 240 g/mol. The van der Waals surface area contributed by atoms with Gasteiger partial charge in [0.25, 0.3) is 0 Å². The molecule has 4 nitrogen and oxygen atoms in total. The second-order valence-electron chi connectivity index (χ2n) is 6.04. The summed E-state index contributed by atoms with van der Waals surface area (Å²) in [5, 5.41) is 0. The normalized spacial score (nSPS) is 28.3. The molecule has 2 amide bonds. The van der Waals surface area contributed by atoms with Crippen LogP contribution in [0.5, 0.6) is 0 Å². The molecule has 0 aliphatic carbocycles. The highest BCUT2D eigenvalue weighted by atomic mass is 16.2. The summed E-state index contributed by atoms with van der Waals surface area (Å²) in [5.41, 5.74) is 0. The molecule has 0 spiro atoms. The monoisotopic (exact) mass is 266 g/mol. The summed E-state index contributed by atoms with van der Waals surface area (Å²) in [6.07, 6.45) is 6.74. The van der Waals surface area contributed by atoms with Crippen molar-refractivity contribution in [2.45, 2.75) is 70.9 Å². The first-order chi connectivity index (χ1) is 9.09. The van der Waals surface area contributed by atoms with Crippen LogP contribution < -0.4 is 0 Å². The van der Waals surface area contributed by atoms with Crippen LogP contribution in [-0.2, 0) is 9.59 Å². The number of piperidine rings is 2. The summed E-state index contributed by atoms with van der Waals surface area (Å²) in [5.74, 6) is 0.0462. The van der Waals surface area contributed by atoms with E-state index < -0.39 is 0 Å². The molecule has 0 aromatic rings. The lowest BCUT2D eigenvalue weighted by atomic mass is 10.0. The van der Waals surface area contributed by atoms with Crippen LogP contribution in [-0.4, -0.2) is 46.8 Å². The third-order valence-corrected chi connectivity index (χ3v) is 4.55. The van der Waals surface area contributed by atoms with Gasteiger partial charge in [0, 0.05) is 25.2 Å². The van der Waals surface area contributed by atoms with Crippen LogP contribution in [0.4, 0.5) is 0 Å². The quantitative estimate of drug-likeness (QED) is 0.719. The van der Waals surface area contributed by atoms with Crippen molar-refractivity contribution in [3.8, 4) is 0 Å². The molecule has 2 rings (SSSR count). The van der Waals surface area contributed by atoms with E-state index in [-0.39, 0.29) is 18.2 Å². The van der Waals surface area contributed by atoms with E-state index in [0.29, 0.717) is 12.1 Å². The number of hydrogen-bond acceptors (Lipinski definition) is 2. The number of rotatable bonds is 2. The number of carbonyl (C=O) groups excluding carboxylic acids is 2. The zero-order valence-electron chi connectivity index (χ0n) is 12.2. The Morgan fingerprint density at radius 1 is 0.842 bits per heavy atom. The fourth-order valence-electron chi connectivity index (χ4n) is 3.27. The standard InChI is InChI=1S/C15H26N2O2/c1-12-7-3-5-9-16(12)14(18)11-15(19)17-10-6-4-8-13(17)2/h12-13H,3-11H2,1-2H3/t12-,13-/m1/s1. The Morgan fingerprint density at radius 2 is 1.26 bits per heavy atom. The molecule has 2 saturated heterocycles. The van der Waals surface area contributed by atoms with E-state index in [4.69, 9.17) is 0 Å². The van der Waals surface area contributed by atoms with Crippen LogP contribution in [0.15, 0.2) is 0 Å². The van der Waals surface area contributed by atoms with E-state index in [9.17, 15) is 9.59 Å². The first kappa shape index (κ1) is 14.4. The highest BCUT2D eigenvalue weighted by Gasteiger charge is 2.29. The average molecular weight is 266 g/mol. The SMILES string of the molecule is C[C@@H]1CCCCN1C(=O)CC(=O)N1CCCC[C@H]1C. The molecule has 0 unspecified atom stereocenters. The van der Waals surface area contributed by atoms with E-state index in [1.54, 1.807) is 0 Å². The van der Waals surface area contributed by atoms with Gasteiger partial charge in [-0.15, -0.1) is 0 Å². The van der Waals surface area contributed by atoms with E-state index in [1.165, 1.54) is 12.8 Å². The largest absolute Gasteiger partial charge is 0.340 e. The molecule has 19 heavy (non-hydrogen) atoms. The smallest absolute Gasteiger partial charge is 0.232 e. The Labute approximate surface area is 116 Å². The first-order valence-corrected chi connectivity index (χ1v) is 7.68. The zero-order chi connectivity index (χ0) is 13.8. The van der Waals surface area contributed by atoms with E-state index in [1.807, 2.05) is 9.80 Å². The molecule has 0 bridgehead atoms. The molecule has 2 atom stereocenters. The van der Waals surface area contributed by atoms with Crippen LogP contribution in [0.2, 0.25) is 0 Å². The lowest BCUT2D eigenvalue weighted by molar-refractivity contribution is -0.144. The van der Waals surface area contributed by atoms with Gasteiger partial charge in [-0.25, -0.2) is 0 Å². The topological polar surface area (TPSA) is 40.6 Å². The first-order valence-electron chi connectivity index (χ1n) is 7.68. The maximum absolute atomic E-state index is 12.2. The molecule has 2 fully saturated rings. The molecule has 4 heteroatoms. The van der Waals surface area contributed by atoms with Crippen molar-refractivity contribution in [1.82, 2.24) is 9.80 Å². The van der Waals surface area contributed by atoms with Gasteiger partial charge in [0.05, 0.1) is 0 Å². The third kappa shape index (κ3) is 3.48. The van der Waals surface area contributed by atoms with Crippen molar-refractivity contribution in [3.05, 3.63) is 0 Å². The molecule has 2 heterocycles. The molecule has 0 radical (unpaired) electrons. The van der Waals surface area contributed by atoms with Crippen molar-refractivity contribution in [2.24, 2.45) is 0 Å². The van der Waals surface area contributed by atoms with Crippen LogP contribution >= 0.6 is 0 Å². The van der Waals surface area contributed by atoms with E-state index in [0.717, 1.165) is 38.8 Å². The molecule has 0 N–H and O–H groups in total. The summed E-state index contributed by atoms with van der Waals surface area (Å²) < 4.78 is 0. The molecule has 0 saturated carbocycles. The Kier molecular flexibility index (Phi) is 4.83. The van der Waals surface area contributed by atoms with Crippen molar-refractivity contribution >= 4 is 11.8 Å². The van der Waals surface area contributed by atoms with Crippen LogP contribution in [0, 0.1) is 0 Å².